The predicted molar refractivity (Wildman–Crippen MR) is 113 cm³/mol. The highest BCUT2D eigenvalue weighted by atomic mass is 32.2. The summed E-state index contributed by atoms with van der Waals surface area (Å²) in [5.74, 6) is -0.449. The van der Waals surface area contributed by atoms with Gasteiger partial charge in [-0.25, -0.2) is 13.1 Å². The molecule has 1 aromatic rings. The van der Waals surface area contributed by atoms with Crippen LogP contribution in [0.3, 0.4) is 0 Å². The highest BCUT2D eigenvalue weighted by molar-refractivity contribution is 7.90. The van der Waals surface area contributed by atoms with Crippen molar-refractivity contribution in [3.8, 4) is 0 Å². The topological polar surface area (TPSA) is 102 Å². The molecule has 0 radical (unpaired) electrons. The van der Waals surface area contributed by atoms with Crippen molar-refractivity contribution in [2.45, 2.75) is 70.1 Å². The minimum atomic E-state index is -3.39. The van der Waals surface area contributed by atoms with E-state index in [1.54, 1.807) is 20.8 Å². The van der Waals surface area contributed by atoms with Crippen molar-refractivity contribution < 1.29 is 22.7 Å². The maximum absolute atomic E-state index is 12.6. The Labute approximate surface area is 173 Å². The first-order valence-corrected chi connectivity index (χ1v) is 11.5. The first-order chi connectivity index (χ1) is 13.5. The van der Waals surface area contributed by atoms with Crippen LogP contribution in [0.5, 0.6) is 0 Å². The van der Waals surface area contributed by atoms with E-state index in [-0.39, 0.29) is 23.8 Å². The SMILES string of the molecule is COC(=O)CCc1cccc(NC(=O)C2CCC(NS(=O)(=O)C(C)(C)C)CC2)c1. The van der Waals surface area contributed by atoms with E-state index in [4.69, 9.17) is 0 Å². The summed E-state index contributed by atoms with van der Waals surface area (Å²) in [4.78, 5) is 23.9. The molecule has 7 nitrogen and oxygen atoms in total. The molecule has 1 aliphatic carbocycles. The second kappa shape index (κ2) is 9.71. The lowest BCUT2D eigenvalue weighted by atomic mass is 9.86. The number of aryl methyl sites for hydroxylation is 1. The zero-order valence-electron chi connectivity index (χ0n) is 17.7. The van der Waals surface area contributed by atoms with Crippen LogP contribution in [-0.4, -0.2) is 38.2 Å². The number of methoxy groups -OCH3 is 1. The summed E-state index contributed by atoms with van der Waals surface area (Å²) in [5.41, 5.74) is 1.65. The van der Waals surface area contributed by atoms with Gasteiger partial charge in [-0.15, -0.1) is 0 Å². The quantitative estimate of drug-likeness (QED) is 0.655. The van der Waals surface area contributed by atoms with E-state index in [9.17, 15) is 18.0 Å². The monoisotopic (exact) mass is 424 g/mol. The number of rotatable bonds is 7. The third-order valence-corrected chi connectivity index (χ3v) is 7.52. The first kappa shape index (κ1) is 23.3. The molecule has 1 fully saturated rings. The zero-order chi connectivity index (χ0) is 21.7. The van der Waals surface area contributed by atoms with Gasteiger partial charge in [0.05, 0.1) is 11.9 Å². The van der Waals surface area contributed by atoms with Crippen molar-refractivity contribution in [3.63, 3.8) is 0 Å². The predicted octanol–water partition coefficient (Wildman–Crippen LogP) is 3.01. The average molecular weight is 425 g/mol. The minimum absolute atomic E-state index is 0.0488. The van der Waals surface area contributed by atoms with Gasteiger partial charge >= 0.3 is 5.97 Å². The molecule has 2 N–H and O–H groups in total. The van der Waals surface area contributed by atoms with Gasteiger partial charge in [0.15, 0.2) is 0 Å². The Balaban J connectivity index is 1.86. The van der Waals surface area contributed by atoms with Gasteiger partial charge in [0.25, 0.3) is 0 Å². The Hall–Kier alpha value is -1.93. The van der Waals surface area contributed by atoms with Crippen molar-refractivity contribution in [1.82, 2.24) is 4.72 Å². The zero-order valence-corrected chi connectivity index (χ0v) is 18.5. The first-order valence-electron chi connectivity index (χ1n) is 10.0. The van der Waals surface area contributed by atoms with Crippen molar-refractivity contribution >= 4 is 27.6 Å². The number of nitrogens with one attached hydrogen (secondary N) is 2. The molecule has 0 aliphatic heterocycles. The highest BCUT2D eigenvalue weighted by Gasteiger charge is 2.34. The van der Waals surface area contributed by atoms with Gasteiger partial charge in [0.1, 0.15) is 0 Å². The molecule has 162 valence electrons. The van der Waals surface area contributed by atoms with E-state index in [1.807, 2.05) is 24.3 Å². The van der Waals surface area contributed by atoms with Crippen LogP contribution in [0.2, 0.25) is 0 Å². The highest BCUT2D eigenvalue weighted by Crippen LogP contribution is 2.27. The number of hydrogen-bond donors (Lipinski definition) is 2. The number of anilines is 1. The second-order valence-corrected chi connectivity index (χ2v) is 11.0. The lowest BCUT2D eigenvalue weighted by Gasteiger charge is -2.30. The lowest BCUT2D eigenvalue weighted by molar-refractivity contribution is -0.140. The fourth-order valence-corrected chi connectivity index (χ4v) is 4.30. The maximum Gasteiger partial charge on any atom is 0.305 e. The molecule has 0 aromatic heterocycles. The Kier molecular flexibility index (Phi) is 7.82. The Morgan fingerprint density at radius 3 is 2.38 bits per heavy atom. The van der Waals surface area contributed by atoms with E-state index in [1.165, 1.54) is 7.11 Å². The van der Waals surface area contributed by atoms with Crippen molar-refractivity contribution in [3.05, 3.63) is 29.8 Å². The summed E-state index contributed by atoms with van der Waals surface area (Å²) in [6, 6.07) is 7.32. The lowest BCUT2D eigenvalue weighted by Crippen LogP contribution is -2.46. The number of carbonyl (C=O) groups is 2. The van der Waals surface area contributed by atoms with Crippen LogP contribution in [0, 0.1) is 5.92 Å². The summed E-state index contributed by atoms with van der Waals surface area (Å²) in [5, 5.41) is 2.95. The second-order valence-electron chi connectivity index (χ2n) is 8.55. The number of benzene rings is 1. The number of ether oxygens (including phenoxy) is 1. The normalized spacial score (nSPS) is 20.1. The molecule has 1 amide bonds. The molecule has 1 aliphatic rings. The summed E-state index contributed by atoms with van der Waals surface area (Å²) < 4.78 is 31.2. The summed E-state index contributed by atoms with van der Waals surface area (Å²) in [6.07, 6.45) is 3.42. The third kappa shape index (κ3) is 6.82. The van der Waals surface area contributed by atoms with Crippen LogP contribution in [0.15, 0.2) is 24.3 Å². The van der Waals surface area contributed by atoms with Crippen LogP contribution in [0.1, 0.15) is 58.4 Å². The molecule has 0 spiro atoms. The largest absolute Gasteiger partial charge is 0.469 e. The number of amides is 1. The summed E-state index contributed by atoms with van der Waals surface area (Å²) >= 11 is 0. The number of carbonyl (C=O) groups excluding carboxylic acids is 2. The molecular formula is C21H32N2O5S. The van der Waals surface area contributed by atoms with E-state index in [0.29, 0.717) is 44.2 Å². The average Bonchev–Trinajstić information content (AvgIpc) is 2.65. The van der Waals surface area contributed by atoms with Crippen molar-refractivity contribution in [2.75, 3.05) is 12.4 Å². The Morgan fingerprint density at radius 1 is 1.14 bits per heavy atom. The van der Waals surface area contributed by atoms with Gasteiger partial charge < -0.3 is 10.1 Å². The van der Waals surface area contributed by atoms with Crippen molar-refractivity contribution in [2.24, 2.45) is 5.92 Å². The Morgan fingerprint density at radius 2 is 1.79 bits per heavy atom. The van der Waals surface area contributed by atoms with E-state index >= 15 is 0 Å². The van der Waals surface area contributed by atoms with Crippen LogP contribution in [0.4, 0.5) is 5.69 Å². The summed E-state index contributed by atoms with van der Waals surface area (Å²) in [6.45, 7) is 5.02. The van der Waals surface area contributed by atoms with Gasteiger partial charge in [0.2, 0.25) is 15.9 Å². The van der Waals surface area contributed by atoms with Gasteiger partial charge in [-0.1, -0.05) is 12.1 Å². The molecule has 0 atom stereocenters. The third-order valence-electron chi connectivity index (χ3n) is 5.27. The van der Waals surface area contributed by atoms with E-state index < -0.39 is 14.8 Å². The molecule has 29 heavy (non-hydrogen) atoms. The van der Waals surface area contributed by atoms with Gasteiger partial charge in [0, 0.05) is 24.1 Å². The molecule has 0 unspecified atom stereocenters. The fourth-order valence-electron chi connectivity index (χ4n) is 3.27. The molecule has 0 saturated heterocycles. The molecule has 1 aromatic carbocycles. The smallest absolute Gasteiger partial charge is 0.305 e. The molecule has 2 rings (SSSR count). The maximum atomic E-state index is 12.6. The molecule has 0 heterocycles. The minimum Gasteiger partial charge on any atom is -0.469 e. The number of sulfonamides is 1. The fraction of sp³-hybridized carbons (Fsp3) is 0.619. The van der Waals surface area contributed by atoms with Crippen LogP contribution in [-0.2, 0) is 30.8 Å². The van der Waals surface area contributed by atoms with Gasteiger partial charge in [-0.05, 0) is 70.6 Å². The van der Waals surface area contributed by atoms with Gasteiger partial charge in [-0.2, -0.15) is 0 Å². The van der Waals surface area contributed by atoms with Crippen molar-refractivity contribution in [1.29, 1.82) is 0 Å². The summed E-state index contributed by atoms with van der Waals surface area (Å²) in [7, 11) is -2.02. The van der Waals surface area contributed by atoms with E-state index in [0.717, 1.165) is 5.56 Å². The number of hydrogen-bond acceptors (Lipinski definition) is 5. The Bertz CT molecular complexity index is 822. The molecule has 1 saturated carbocycles. The van der Waals surface area contributed by atoms with Crippen LogP contribution in [0.25, 0.3) is 0 Å². The molecule has 0 bridgehead atoms. The standard InChI is InChI=1S/C21H32N2O5S/c1-21(2,3)29(26,27)23-17-11-9-16(10-12-17)20(25)22-18-7-5-6-15(14-18)8-13-19(24)28-4/h5-7,14,16-17,23H,8-13H2,1-4H3,(H,22,25). The molecular weight excluding hydrogens is 392 g/mol. The van der Waals surface area contributed by atoms with Gasteiger partial charge in [-0.3, -0.25) is 9.59 Å². The van der Waals surface area contributed by atoms with Crippen LogP contribution >= 0.6 is 0 Å². The van der Waals surface area contributed by atoms with E-state index in [2.05, 4.69) is 14.8 Å². The molecule has 8 heteroatoms. The number of esters is 1. The van der Waals surface area contributed by atoms with Crippen LogP contribution < -0.4 is 10.0 Å².